The molecule has 0 aromatic heterocycles. The Balaban J connectivity index is 1.42. The van der Waals surface area contributed by atoms with Gasteiger partial charge >= 0.3 is 0 Å². The molecule has 2 aliphatic rings. The first-order chi connectivity index (χ1) is 11.3. The van der Waals surface area contributed by atoms with Crippen LogP contribution in [0.5, 0.6) is 0 Å². The summed E-state index contributed by atoms with van der Waals surface area (Å²) in [6, 6.07) is 0. The monoisotopic (exact) mass is 390 g/mol. The van der Waals surface area contributed by atoms with Crippen LogP contribution in [0.3, 0.4) is 0 Å². The number of aldehydes is 1. The molecule has 1 saturated heterocycles. The van der Waals surface area contributed by atoms with Gasteiger partial charge in [0, 0.05) is 30.6 Å². The zero-order valence-corrected chi connectivity index (χ0v) is 15.7. The Morgan fingerprint density at radius 1 is 1.00 bits per heavy atom. The summed E-state index contributed by atoms with van der Waals surface area (Å²) in [5.41, 5.74) is 0. The number of ether oxygens (including phenoxy) is 3. The van der Waals surface area contributed by atoms with Crippen molar-refractivity contribution >= 4 is 22.2 Å². The quantitative estimate of drug-likeness (QED) is 0.318. The zero-order valence-electron chi connectivity index (χ0n) is 14.1. The Morgan fingerprint density at radius 3 is 2.48 bits per heavy atom. The summed E-state index contributed by atoms with van der Waals surface area (Å²) < 4.78 is 17.2. The Labute approximate surface area is 148 Å². The van der Waals surface area contributed by atoms with Crippen LogP contribution < -0.4 is 0 Å². The maximum absolute atomic E-state index is 11.1. The smallest absolute Gasteiger partial charge is 0.157 e. The van der Waals surface area contributed by atoms with Gasteiger partial charge in [-0.25, -0.2) is 0 Å². The van der Waals surface area contributed by atoms with Crippen molar-refractivity contribution in [2.45, 2.75) is 81.4 Å². The Hall–Kier alpha value is 0.0300. The van der Waals surface area contributed by atoms with E-state index in [1.165, 1.54) is 19.3 Å². The van der Waals surface area contributed by atoms with Gasteiger partial charge in [0.1, 0.15) is 6.29 Å². The molecular weight excluding hydrogens is 360 g/mol. The van der Waals surface area contributed by atoms with E-state index >= 15 is 0 Å². The van der Waals surface area contributed by atoms with Crippen LogP contribution in [0.25, 0.3) is 0 Å². The fraction of sp³-hybridized carbons (Fsp3) is 0.944. The molecular formula is C18H31BrO4. The van der Waals surface area contributed by atoms with E-state index in [0.717, 1.165) is 71.1 Å². The van der Waals surface area contributed by atoms with Gasteiger partial charge in [0.15, 0.2) is 6.29 Å². The highest BCUT2D eigenvalue weighted by Gasteiger charge is 2.29. The molecule has 5 heteroatoms. The lowest BCUT2D eigenvalue weighted by Gasteiger charge is -2.30. The molecule has 4 nitrogen and oxygen atoms in total. The predicted molar refractivity (Wildman–Crippen MR) is 93.9 cm³/mol. The molecule has 0 bridgehead atoms. The van der Waals surface area contributed by atoms with Crippen molar-refractivity contribution in [1.29, 1.82) is 0 Å². The first-order valence-electron chi connectivity index (χ1n) is 9.23. The maximum atomic E-state index is 11.1. The molecule has 23 heavy (non-hydrogen) atoms. The molecule has 2 rings (SSSR count). The first kappa shape index (κ1) is 19.4. The highest BCUT2D eigenvalue weighted by atomic mass is 79.9. The van der Waals surface area contributed by atoms with Gasteiger partial charge in [-0.05, 0) is 51.4 Å². The number of hydrogen-bond acceptors (Lipinski definition) is 4. The van der Waals surface area contributed by atoms with Crippen LogP contribution in [0.4, 0.5) is 0 Å². The number of carbonyl (C=O) groups is 1. The number of carbonyl (C=O) groups excluding carboxylic acids is 1. The minimum Gasteiger partial charge on any atom is -0.377 e. The summed E-state index contributed by atoms with van der Waals surface area (Å²) in [7, 11) is 0. The molecule has 1 aliphatic carbocycles. The van der Waals surface area contributed by atoms with Crippen LogP contribution in [0, 0.1) is 5.92 Å². The maximum Gasteiger partial charge on any atom is 0.157 e. The molecule has 0 N–H and O–H groups in total. The van der Waals surface area contributed by atoms with Gasteiger partial charge in [0.2, 0.25) is 0 Å². The summed E-state index contributed by atoms with van der Waals surface area (Å²) in [5.74, 6) is 0.0667. The average Bonchev–Trinajstić information content (AvgIpc) is 2.59. The van der Waals surface area contributed by atoms with E-state index in [0.29, 0.717) is 4.83 Å². The normalized spacial score (nSPS) is 31.9. The highest BCUT2D eigenvalue weighted by Crippen LogP contribution is 2.30. The lowest BCUT2D eigenvalue weighted by molar-refractivity contribution is -0.162. The molecule has 0 amide bonds. The first-order valence-corrected chi connectivity index (χ1v) is 10.2. The molecule has 2 fully saturated rings. The summed E-state index contributed by atoms with van der Waals surface area (Å²) in [4.78, 5) is 11.6. The minimum absolute atomic E-state index is 0.0388. The van der Waals surface area contributed by atoms with Gasteiger partial charge in [0.05, 0.1) is 6.10 Å². The van der Waals surface area contributed by atoms with Crippen molar-refractivity contribution in [1.82, 2.24) is 0 Å². The van der Waals surface area contributed by atoms with Crippen LogP contribution in [-0.4, -0.2) is 43.3 Å². The Kier molecular flexibility index (Phi) is 9.73. The van der Waals surface area contributed by atoms with Gasteiger partial charge < -0.3 is 19.0 Å². The second-order valence-electron chi connectivity index (χ2n) is 6.70. The van der Waals surface area contributed by atoms with Gasteiger partial charge in [-0.15, -0.1) is 0 Å². The molecule has 1 heterocycles. The van der Waals surface area contributed by atoms with E-state index in [9.17, 15) is 4.79 Å². The van der Waals surface area contributed by atoms with Gasteiger partial charge in [-0.1, -0.05) is 28.8 Å². The van der Waals surface area contributed by atoms with E-state index in [2.05, 4.69) is 15.9 Å². The summed E-state index contributed by atoms with van der Waals surface area (Å²) in [6.45, 7) is 2.42. The summed E-state index contributed by atoms with van der Waals surface area (Å²) in [6.07, 6.45) is 12.2. The number of hydrogen-bond donors (Lipinski definition) is 0. The molecule has 0 aromatic carbocycles. The average molecular weight is 391 g/mol. The lowest BCUT2D eigenvalue weighted by Crippen LogP contribution is -2.33. The summed E-state index contributed by atoms with van der Waals surface area (Å²) in [5, 5.41) is 0. The fourth-order valence-corrected chi connectivity index (χ4v) is 4.02. The topological polar surface area (TPSA) is 44.8 Å². The van der Waals surface area contributed by atoms with Crippen LogP contribution in [0.15, 0.2) is 0 Å². The van der Waals surface area contributed by atoms with Crippen molar-refractivity contribution < 1.29 is 19.0 Å². The Morgan fingerprint density at radius 2 is 1.78 bits per heavy atom. The van der Waals surface area contributed by atoms with Crippen LogP contribution in [-0.2, 0) is 19.0 Å². The SMILES string of the molecule is O=CC1CC(Br)CCC1OCCCCCCOC1CCCCO1. The van der Waals surface area contributed by atoms with Crippen molar-refractivity contribution in [3.63, 3.8) is 0 Å². The number of unbranched alkanes of at least 4 members (excludes halogenated alkanes) is 3. The zero-order chi connectivity index (χ0) is 16.3. The standard InChI is InChI=1S/C18H31BrO4/c19-16-8-9-17(15(13-16)14-20)21-10-4-1-2-5-11-22-18-7-3-6-12-23-18/h14-18H,1-13H2. The molecule has 134 valence electrons. The molecule has 0 spiro atoms. The minimum atomic E-state index is 0.0388. The van der Waals surface area contributed by atoms with Gasteiger partial charge in [-0.2, -0.15) is 0 Å². The molecule has 4 unspecified atom stereocenters. The van der Waals surface area contributed by atoms with Crippen LogP contribution in [0.2, 0.25) is 0 Å². The van der Waals surface area contributed by atoms with E-state index in [1.807, 2.05) is 0 Å². The molecule has 4 atom stereocenters. The van der Waals surface area contributed by atoms with Crippen molar-refractivity contribution in [3.05, 3.63) is 0 Å². The third-order valence-electron chi connectivity index (χ3n) is 4.76. The van der Waals surface area contributed by atoms with E-state index in [1.54, 1.807) is 0 Å². The largest absolute Gasteiger partial charge is 0.377 e. The van der Waals surface area contributed by atoms with Gasteiger partial charge in [0.25, 0.3) is 0 Å². The fourth-order valence-electron chi connectivity index (χ4n) is 3.32. The number of rotatable bonds is 10. The third-order valence-corrected chi connectivity index (χ3v) is 5.59. The van der Waals surface area contributed by atoms with E-state index < -0.39 is 0 Å². The molecule has 0 radical (unpaired) electrons. The second-order valence-corrected chi connectivity index (χ2v) is 8.00. The predicted octanol–water partition coefficient (Wildman–Crippen LogP) is 4.24. The van der Waals surface area contributed by atoms with Crippen molar-refractivity contribution in [2.75, 3.05) is 19.8 Å². The van der Waals surface area contributed by atoms with Gasteiger partial charge in [-0.3, -0.25) is 0 Å². The lowest BCUT2D eigenvalue weighted by atomic mass is 9.87. The van der Waals surface area contributed by atoms with Crippen LogP contribution in [0.1, 0.15) is 64.2 Å². The highest BCUT2D eigenvalue weighted by molar-refractivity contribution is 9.09. The van der Waals surface area contributed by atoms with Crippen molar-refractivity contribution in [2.24, 2.45) is 5.92 Å². The van der Waals surface area contributed by atoms with E-state index in [4.69, 9.17) is 14.2 Å². The van der Waals surface area contributed by atoms with E-state index in [-0.39, 0.29) is 18.3 Å². The number of halogens is 1. The van der Waals surface area contributed by atoms with Crippen LogP contribution >= 0.6 is 15.9 Å². The second kappa shape index (κ2) is 11.6. The Bertz CT molecular complexity index is 320. The van der Waals surface area contributed by atoms with Crippen molar-refractivity contribution in [3.8, 4) is 0 Å². The molecule has 1 saturated carbocycles. The number of alkyl halides is 1. The molecule has 0 aromatic rings. The summed E-state index contributed by atoms with van der Waals surface area (Å²) >= 11 is 3.61. The molecule has 1 aliphatic heterocycles. The third kappa shape index (κ3) is 7.63.